The quantitative estimate of drug-likeness (QED) is 0.525. The molecule has 0 N–H and O–H groups in total. The molecule has 0 radical (unpaired) electrons. The Morgan fingerprint density at radius 2 is 1.88 bits per heavy atom. The lowest BCUT2D eigenvalue weighted by Crippen LogP contribution is -2.41. The highest BCUT2D eigenvalue weighted by molar-refractivity contribution is 8.16. The SMILES string of the molecule is CC1=C(C(=O)OC(C)C)C(c2ccccc2)N2C(CC(=O)N(C)C3CCCCC3)=CSC2=N1. The fourth-order valence-corrected chi connectivity index (χ4v) is 5.77. The summed E-state index contributed by atoms with van der Waals surface area (Å²) in [5.74, 6) is -0.250. The van der Waals surface area contributed by atoms with Crippen LogP contribution in [-0.2, 0) is 14.3 Å². The number of aliphatic imine (C=N–C) groups is 1. The number of esters is 1. The molecule has 1 aromatic carbocycles. The maximum Gasteiger partial charge on any atom is 0.338 e. The van der Waals surface area contributed by atoms with Crippen molar-refractivity contribution in [1.82, 2.24) is 9.80 Å². The molecule has 4 rings (SSSR count). The van der Waals surface area contributed by atoms with Crippen molar-refractivity contribution in [3.8, 4) is 0 Å². The maximum atomic E-state index is 13.2. The summed E-state index contributed by atoms with van der Waals surface area (Å²) in [7, 11) is 1.93. The molecule has 33 heavy (non-hydrogen) atoms. The van der Waals surface area contributed by atoms with Gasteiger partial charge in [0.1, 0.15) is 0 Å². The van der Waals surface area contributed by atoms with E-state index in [2.05, 4.69) is 4.90 Å². The summed E-state index contributed by atoms with van der Waals surface area (Å²) in [5.41, 5.74) is 3.04. The van der Waals surface area contributed by atoms with Crippen LogP contribution in [0.2, 0.25) is 0 Å². The van der Waals surface area contributed by atoms with Crippen LogP contribution in [0.4, 0.5) is 0 Å². The third kappa shape index (κ3) is 5.03. The third-order valence-corrected chi connectivity index (χ3v) is 7.42. The van der Waals surface area contributed by atoms with Crippen molar-refractivity contribution in [1.29, 1.82) is 0 Å². The molecule has 2 aliphatic heterocycles. The van der Waals surface area contributed by atoms with Crippen molar-refractivity contribution in [2.75, 3.05) is 7.05 Å². The minimum absolute atomic E-state index is 0.111. The topological polar surface area (TPSA) is 62.2 Å². The van der Waals surface area contributed by atoms with E-state index in [9.17, 15) is 9.59 Å². The first-order valence-electron chi connectivity index (χ1n) is 11.8. The highest BCUT2D eigenvalue weighted by Crippen LogP contribution is 2.45. The van der Waals surface area contributed by atoms with E-state index in [0.29, 0.717) is 17.3 Å². The average molecular weight is 468 g/mol. The second kappa shape index (κ2) is 10.2. The molecule has 0 bridgehead atoms. The summed E-state index contributed by atoms with van der Waals surface area (Å²) >= 11 is 1.51. The van der Waals surface area contributed by atoms with Crippen LogP contribution in [0.3, 0.4) is 0 Å². The van der Waals surface area contributed by atoms with Crippen molar-refractivity contribution in [2.45, 2.75) is 77.5 Å². The highest BCUT2D eigenvalue weighted by atomic mass is 32.2. The fourth-order valence-electron chi connectivity index (χ4n) is 4.81. The summed E-state index contributed by atoms with van der Waals surface area (Å²) in [4.78, 5) is 35.1. The number of amides is 1. The van der Waals surface area contributed by atoms with Crippen LogP contribution in [0.5, 0.6) is 0 Å². The van der Waals surface area contributed by atoms with Gasteiger partial charge in [0.05, 0.1) is 29.8 Å². The molecular formula is C26H33N3O3S. The van der Waals surface area contributed by atoms with Gasteiger partial charge in [0, 0.05) is 18.8 Å². The molecule has 3 aliphatic rings. The van der Waals surface area contributed by atoms with E-state index in [4.69, 9.17) is 9.73 Å². The van der Waals surface area contributed by atoms with Crippen LogP contribution in [0.1, 0.15) is 70.9 Å². The Labute approximate surface area is 200 Å². The molecule has 1 aromatic rings. The summed E-state index contributed by atoms with van der Waals surface area (Å²) in [5, 5.41) is 2.80. The Hall–Kier alpha value is -2.54. The van der Waals surface area contributed by atoms with Gasteiger partial charge in [0.25, 0.3) is 0 Å². The van der Waals surface area contributed by atoms with E-state index < -0.39 is 0 Å². The predicted octanol–water partition coefficient (Wildman–Crippen LogP) is 5.39. The number of allylic oxidation sites excluding steroid dienone is 1. The predicted molar refractivity (Wildman–Crippen MR) is 132 cm³/mol. The standard InChI is InChI=1S/C26H33N3O3S/c1-17(2)32-25(31)23-18(3)27-26-29(24(23)19-11-7-5-8-12-19)21(16-33-26)15-22(30)28(4)20-13-9-6-10-14-20/h5,7-8,11-12,16-17,20,24H,6,9-10,13-15H2,1-4H3. The molecule has 6 nitrogen and oxygen atoms in total. The molecule has 1 unspecified atom stereocenters. The number of ether oxygens (including phenoxy) is 1. The number of thioether (sulfide) groups is 1. The number of carbonyl (C=O) groups excluding carboxylic acids is 2. The van der Waals surface area contributed by atoms with Gasteiger partial charge in [-0.15, -0.1) is 0 Å². The van der Waals surface area contributed by atoms with E-state index in [1.165, 1.54) is 31.0 Å². The Morgan fingerprint density at radius 1 is 1.18 bits per heavy atom. The molecule has 7 heteroatoms. The van der Waals surface area contributed by atoms with Gasteiger partial charge in [0.2, 0.25) is 5.91 Å². The van der Waals surface area contributed by atoms with Crippen LogP contribution in [0.15, 0.2) is 57.7 Å². The van der Waals surface area contributed by atoms with E-state index in [1.54, 1.807) is 0 Å². The summed E-state index contributed by atoms with van der Waals surface area (Å²) in [6, 6.07) is 9.87. The number of benzene rings is 1. The van der Waals surface area contributed by atoms with Crippen molar-refractivity contribution < 1.29 is 14.3 Å². The van der Waals surface area contributed by atoms with Gasteiger partial charge in [-0.05, 0) is 44.6 Å². The molecule has 1 atom stereocenters. The van der Waals surface area contributed by atoms with Crippen molar-refractivity contribution in [3.63, 3.8) is 0 Å². The number of hydrogen-bond donors (Lipinski definition) is 0. The van der Waals surface area contributed by atoms with Gasteiger partial charge in [0.15, 0.2) is 5.17 Å². The monoisotopic (exact) mass is 467 g/mol. The normalized spacial score (nSPS) is 21.0. The molecule has 176 valence electrons. The Morgan fingerprint density at radius 3 is 2.55 bits per heavy atom. The molecule has 0 aromatic heterocycles. The smallest absolute Gasteiger partial charge is 0.338 e. The van der Waals surface area contributed by atoms with Gasteiger partial charge in [-0.25, -0.2) is 9.79 Å². The van der Waals surface area contributed by atoms with E-state index in [0.717, 1.165) is 29.3 Å². The molecule has 1 fully saturated rings. The van der Waals surface area contributed by atoms with E-state index in [1.807, 2.05) is 68.5 Å². The molecule has 0 spiro atoms. The lowest BCUT2D eigenvalue weighted by Gasteiger charge is -2.37. The summed E-state index contributed by atoms with van der Waals surface area (Å²) < 4.78 is 5.60. The van der Waals surface area contributed by atoms with Crippen LogP contribution < -0.4 is 0 Å². The lowest BCUT2D eigenvalue weighted by atomic mass is 9.93. The first-order valence-corrected chi connectivity index (χ1v) is 12.7. The zero-order valence-electron chi connectivity index (χ0n) is 19.9. The minimum Gasteiger partial charge on any atom is -0.459 e. The zero-order chi connectivity index (χ0) is 23.5. The third-order valence-electron chi connectivity index (χ3n) is 6.53. The van der Waals surface area contributed by atoms with Crippen LogP contribution in [0, 0.1) is 0 Å². The number of nitrogens with zero attached hydrogens (tertiary/aromatic N) is 3. The van der Waals surface area contributed by atoms with Gasteiger partial charge in [-0.3, -0.25) is 4.79 Å². The highest BCUT2D eigenvalue weighted by Gasteiger charge is 2.41. The van der Waals surface area contributed by atoms with Crippen molar-refractivity contribution in [2.24, 2.45) is 4.99 Å². The second-order valence-electron chi connectivity index (χ2n) is 9.23. The Bertz CT molecular complexity index is 993. The molecule has 1 saturated carbocycles. The molecule has 1 amide bonds. The number of carbonyl (C=O) groups is 2. The van der Waals surface area contributed by atoms with E-state index >= 15 is 0 Å². The second-order valence-corrected chi connectivity index (χ2v) is 10.1. The number of hydrogen-bond acceptors (Lipinski definition) is 6. The fraction of sp³-hybridized carbons (Fsp3) is 0.500. The first kappa shape index (κ1) is 23.6. The number of rotatable bonds is 6. The average Bonchev–Trinajstić information content (AvgIpc) is 3.20. The number of amidine groups is 1. The zero-order valence-corrected chi connectivity index (χ0v) is 20.7. The molecule has 1 aliphatic carbocycles. The largest absolute Gasteiger partial charge is 0.459 e. The molecule has 0 saturated heterocycles. The minimum atomic E-state index is -0.376. The van der Waals surface area contributed by atoms with Gasteiger partial charge < -0.3 is 14.5 Å². The van der Waals surface area contributed by atoms with Crippen LogP contribution in [0.25, 0.3) is 0 Å². The Balaban J connectivity index is 1.63. The molecule has 2 heterocycles. The van der Waals surface area contributed by atoms with Gasteiger partial charge in [-0.1, -0.05) is 61.4 Å². The maximum absolute atomic E-state index is 13.2. The van der Waals surface area contributed by atoms with Gasteiger partial charge in [-0.2, -0.15) is 0 Å². The first-order chi connectivity index (χ1) is 15.9. The molecular weight excluding hydrogens is 434 g/mol. The van der Waals surface area contributed by atoms with Gasteiger partial charge >= 0.3 is 5.97 Å². The van der Waals surface area contributed by atoms with E-state index in [-0.39, 0.29) is 30.4 Å². The van der Waals surface area contributed by atoms with Crippen LogP contribution >= 0.6 is 11.8 Å². The van der Waals surface area contributed by atoms with Crippen molar-refractivity contribution >= 4 is 28.8 Å². The summed E-state index contributed by atoms with van der Waals surface area (Å²) in [6.45, 7) is 5.55. The van der Waals surface area contributed by atoms with Crippen molar-refractivity contribution in [3.05, 3.63) is 58.3 Å². The van der Waals surface area contributed by atoms with Crippen LogP contribution in [-0.4, -0.2) is 46.0 Å². The number of fused-ring (bicyclic) bond motifs is 1. The lowest BCUT2D eigenvalue weighted by molar-refractivity contribution is -0.143. The summed E-state index contributed by atoms with van der Waals surface area (Å²) in [6.07, 6.45) is 5.84. The Kier molecular flexibility index (Phi) is 7.27.